The molecule has 4 aliphatic rings. The molecule has 0 aromatic carbocycles. The number of nitrogens with zero attached hydrogens (tertiary/aromatic N) is 1. The van der Waals surface area contributed by atoms with Crippen molar-refractivity contribution < 1.29 is 9.72 Å². The summed E-state index contributed by atoms with van der Waals surface area (Å²) in [4.78, 5) is 22.9. The van der Waals surface area contributed by atoms with E-state index in [1.54, 1.807) is 6.92 Å². The Balaban J connectivity index is 1.74. The summed E-state index contributed by atoms with van der Waals surface area (Å²) in [6.07, 6.45) is 3.61. The maximum Gasteiger partial charge on any atom is 0.246 e. The third-order valence-electron chi connectivity index (χ3n) is 5.33. The van der Waals surface area contributed by atoms with Gasteiger partial charge in [-0.1, -0.05) is 6.58 Å². The first-order chi connectivity index (χ1) is 8.97. The predicted octanol–water partition coefficient (Wildman–Crippen LogP) is 1.76. The lowest BCUT2D eigenvalue weighted by atomic mass is 9.52. The summed E-state index contributed by atoms with van der Waals surface area (Å²) in [5, 5.41) is 14.3. The van der Waals surface area contributed by atoms with Gasteiger partial charge in [-0.25, -0.2) is 0 Å². The highest BCUT2D eigenvalue weighted by Gasteiger charge is 2.57. The van der Waals surface area contributed by atoms with Gasteiger partial charge in [-0.05, 0) is 44.4 Å². The minimum absolute atomic E-state index is 0.0609. The van der Waals surface area contributed by atoms with Gasteiger partial charge in [0, 0.05) is 28.4 Å². The quantitative estimate of drug-likeness (QED) is 0.479. The first-order valence-corrected chi connectivity index (χ1v) is 7.07. The van der Waals surface area contributed by atoms with Crippen molar-refractivity contribution in [2.75, 3.05) is 0 Å². The van der Waals surface area contributed by atoms with Crippen LogP contribution in [0.4, 0.5) is 0 Å². The van der Waals surface area contributed by atoms with Gasteiger partial charge in [-0.15, -0.1) is 0 Å². The van der Waals surface area contributed by atoms with Gasteiger partial charge in [0.2, 0.25) is 11.9 Å². The molecular weight excluding hydrogens is 244 g/mol. The number of hydrogen-bond acceptors (Lipinski definition) is 3. The van der Waals surface area contributed by atoms with Crippen LogP contribution in [-0.4, -0.2) is 22.9 Å². The van der Waals surface area contributed by atoms with Gasteiger partial charge >= 0.3 is 0 Å². The summed E-state index contributed by atoms with van der Waals surface area (Å²) in [7, 11) is 0. The molecule has 4 aliphatic carbocycles. The zero-order chi connectivity index (χ0) is 13.7. The third kappa shape index (κ3) is 1.95. The average Bonchev–Trinajstić information content (AvgIpc) is 2.31. The Morgan fingerprint density at radius 3 is 2.00 bits per heavy atom. The first-order valence-electron chi connectivity index (χ1n) is 7.07. The van der Waals surface area contributed by atoms with Crippen LogP contribution in [0.3, 0.4) is 0 Å². The molecule has 4 saturated carbocycles. The van der Waals surface area contributed by atoms with E-state index in [0.29, 0.717) is 17.4 Å². The van der Waals surface area contributed by atoms with Crippen LogP contribution in [0.5, 0.6) is 0 Å². The standard InChI is InChI=1S/C14H20N2O3/c1-7(2)14(17)15-12-8-3-10-5-9(12)6-11(4-8)13(10)16(18)19/h8-13H,1,3-6H2,2H3,(H,15,17). The van der Waals surface area contributed by atoms with E-state index in [1.807, 2.05) is 0 Å². The molecule has 0 aliphatic heterocycles. The molecule has 0 aromatic heterocycles. The van der Waals surface area contributed by atoms with Crippen molar-refractivity contribution in [3.63, 3.8) is 0 Å². The molecule has 0 unspecified atom stereocenters. The van der Waals surface area contributed by atoms with Crippen LogP contribution >= 0.6 is 0 Å². The minimum Gasteiger partial charge on any atom is -0.349 e. The maximum atomic E-state index is 11.8. The van der Waals surface area contributed by atoms with E-state index in [2.05, 4.69) is 11.9 Å². The fourth-order valence-corrected chi connectivity index (χ4v) is 4.71. The number of nitrogens with one attached hydrogen (secondary N) is 1. The van der Waals surface area contributed by atoms with Crippen molar-refractivity contribution in [1.82, 2.24) is 5.32 Å². The molecule has 1 N–H and O–H groups in total. The average molecular weight is 264 g/mol. The number of carbonyl (C=O) groups excluding carboxylic acids is 1. The molecule has 19 heavy (non-hydrogen) atoms. The molecule has 5 nitrogen and oxygen atoms in total. The van der Waals surface area contributed by atoms with Crippen molar-refractivity contribution in [2.24, 2.45) is 23.7 Å². The summed E-state index contributed by atoms with van der Waals surface area (Å²) in [6.45, 7) is 5.39. The maximum absolute atomic E-state index is 11.8. The minimum atomic E-state index is -0.328. The summed E-state index contributed by atoms with van der Waals surface area (Å²) < 4.78 is 0. The zero-order valence-electron chi connectivity index (χ0n) is 11.2. The van der Waals surface area contributed by atoms with E-state index in [0.717, 1.165) is 25.7 Å². The lowest BCUT2D eigenvalue weighted by Gasteiger charge is -2.54. The number of rotatable bonds is 3. The van der Waals surface area contributed by atoms with Crippen LogP contribution in [0.1, 0.15) is 32.6 Å². The smallest absolute Gasteiger partial charge is 0.246 e. The first kappa shape index (κ1) is 12.6. The Morgan fingerprint density at radius 2 is 1.63 bits per heavy atom. The van der Waals surface area contributed by atoms with Gasteiger partial charge in [0.05, 0.1) is 0 Å². The third-order valence-corrected chi connectivity index (χ3v) is 5.33. The fraction of sp³-hybridized carbons (Fsp3) is 0.786. The van der Waals surface area contributed by atoms with Gasteiger partial charge in [0.1, 0.15) is 0 Å². The van der Waals surface area contributed by atoms with Gasteiger partial charge in [0.25, 0.3) is 0 Å². The normalized spacial score (nSPS) is 43.0. The molecule has 4 fully saturated rings. The number of amides is 1. The van der Waals surface area contributed by atoms with Crippen molar-refractivity contribution in [3.8, 4) is 0 Å². The van der Waals surface area contributed by atoms with Crippen LogP contribution < -0.4 is 5.32 Å². The Bertz CT molecular complexity index is 416. The van der Waals surface area contributed by atoms with E-state index < -0.39 is 0 Å². The SMILES string of the molecule is C=C(C)C(=O)NC1C2CC3CC1CC(C2)C3[N+](=O)[O-]. The summed E-state index contributed by atoms with van der Waals surface area (Å²) in [5.74, 6) is 1.26. The van der Waals surface area contributed by atoms with Crippen LogP contribution in [-0.2, 0) is 4.79 Å². The molecule has 0 aromatic rings. The van der Waals surface area contributed by atoms with Crippen molar-refractivity contribution in [2.45, 2.75) is 44.7 Å². The van der Waals surface area contributed by atoms with Gasteiger partial charge in [-0.3, -0.25) is 14.9 Å². The second-order valence-electron chi connectivity index (χ2n) is 6.54. The molecule has 5 heteroatoms. The molecule has 1 amide bonds. The topological polar surface area (TPSA) is 72.2 Å². The molecule has 4 rings (SSSR count). The fourth-order valence-electron chi connectivity index (χ4n) is 4.71. The molecule has 104 valence electrons. The predicted molar refractivity (Wildman–Crippen MR) is 70.0 cm³/mol. The second kappa shape index (κ2) is 4.32. The molecular formula is C14H20N2O3. The Labute approximate surface area is 112 Å². The summed E-state index contributed by atoms with van der Waals surface area (Å²) in [5.41, 5.74) is 0.539. The van der Waals surface area contributed by atoms with Gasteiger partial charge < -0.3 is 5.32 Å². The Kier molecular flexibility index (Phi) is 2.87. The highest BCUT2D eigenvalue weighted by molar-refractivity contribution is 5.92. The van der Waals surface area contributed by atoms with E-state index in [-0.39, 0.29) is 34.7 Å². The van der Waals surface area contributed by atoms with E-state index in [9.17, 15) is 14.9 Å². The molecule has 0 atom stereocenters. The second-order valence-corrected chi connectivity index (χ2v) is 6.54. The van der Waals surface area contributed by atoms with Crippen LogP contribution in [0, 0.1) is 33.8 Å². The van der Waals surface area contributed by atoms with Crippen molar-refractivity contribution in [3.05, 3.63) is 22.3 Å². The van der Waals surface area contributed by atoms with Crippen LogP contribution in [0.15, 0.2) is 12.2 Å². The highest BCUT2D eigenvalue weighted by atomic mass is 16.6. The molecule has 0 spiro atoms. The zero-order valence-corrected chi connectivity index (χ0v) is 11.2. The number of hydrogen-bond donors (Lipinski definition) is 1. The Hall–Kier alpha value is -1.39. The van der Waals surface area contributed by atoms with Crippen molar-refractivity contribution >= 4 is 5.91 Å². The van der Waals surface area contributed by atoms with Gasteiger partial charge in [0.15, 0.2) is 0 Å². The van der Waals surface area contributed by atoms with Gasteiger partial charge in [-0.2, -0.15) is 0 Å². The monoisotopic (exact) mass is 264 g/mol. The largest absolute Gasteiger partial charge is 0.349 e. The molecule has 0 saturated heterocycles. The lowest BCUT2D eigenvalue weighted by molar-refractivity contribution is -0.553. The van der Waals surface area contributed by atoms with Crippen LogP contribution in [0.25, 0.3) is 0 Å². The Morgan fingerprint density at radius 1 is 1.16 bits per heavy atom. The molecule has 4 bridgehead atoms. The van der Waals surface area contributed by atoms with E-state index in [1.165, 1.54) is 0 Å². The highest BCUT2D eigenvalue weighted by Crippen LogP contribution is 2.54. The lowest BCUT2D eigenvalue weighted by Crippen LogP contribution is -2.61. The van der Waals surface area contributed by atoms with E-state index >= 15 is 0 Å². The molecule has 0 heterocycles. The van der Waals surface area contributed by atoms with Crippen LogP contribution in [0.2, 0.25) is 0 Å². The summed E-state index contributed by atoms with van der Waals surface area (Å²) in [6, 6.07) is -0.116. The van der Waals surface area contributed by atoms with Crippen molar-refractivity contribution in [1.29, 1.82) is 0 Å². The number of carbonyl (C=O) groups is 1. The van der Waals surface area contributed by atoms with E-state index in [4.69, 9.17) is 0 Å². The number of nitro groups is 1. The summed E-state index contributed by atoms with van der Waals surface area (Å²) >= 11 is 0. The molecule has 0 radical (unpaired) electrons.